The van der Waals surface area contributed by atoms with Crippen LogP contribution in [0.15, 0.2) is 28.7 Å². The van der Waals surface area contributed by atoms with Crippen molar-refractivity contribution in [3.8, 4) is 0 Å². The second-order valence-electron chi connectivity index (χ2n) is 2.99. The highest BCUT2D eigenvalue weighted by molar-refractivity contribution is 9.10. The number of benzene rings is 1. The summed E-state index contributed by atoms with van der Waals surface area (Å²) in [4.78, 5) is 0. The fourth-order valence-corrected chi connectivity index (χ4v) is 1.66. The van der Waals surface area contributed by atoms with Crippen LogP contribution in [-0.4, -0.2) is 19.8 Å². The SMILES string of the molecule is CNC[C@@H](F)Cc1cccc(Br)c1. The van der Waals surface area contributed by atoms with Gasteiger partial charge in [-0.1, -0.05) is 28.1 Å². The van der Waals surface area contributed by atoms with Crippen molar-refractivity contribution in [3.63, 3.8) is 0 Å². The Hall–Kier alpha value is -0.410. The van der Waals surface area contributed by atoms with Gasteiger partial charge in [-0.15, -0.1) is 0 Å². The first kappa shape index (κ1) is 10.7. The molecule has 1 nitrogen and oxygen atoms in total. The number of halogens is 2. The molecule has 0 aliphatic heterocycles. The lowest BCUT2D eigenvalue weighted by Crippen LogP contribution is -2.21. The lowest BCUT2D eigenvalue weighted by Gasteiger charge is -2.07. The van der Waals surface area contributed by atoms with E-state index in [0.29, 0.717) is 13.0 Å². The monoisotopic (exact) mass is 245 g/mol. The Labute approximate surface area is 86.5 Å². The van der Waals surface area contributed by atoms with Crippen molar-refractivity contribution in [3.05, 3.63) is 34.3 Å². The molecule has 0 heterocycles. The third-order valence-corrected chi connectivity index (χ3v) is 2.27. The highest BCUT2D eigenvalue weighted by atomic mass is 79.9. The van der Waals surface area contributed by atoms with E-state index in [1.54, 1.807) is 7.05 Å². The van der Waals surface area contributed by atoms with E-state index in [1.807, 2.05) is 24.3 Å². The zero-order valence-electron chi connectivity index (χ0n) is 7.56. The van der Waals surface area contributed by atoms with Gasteiger partial charge in [0.15, 0.2) is 0 Å². The van der Waals surface area contributed by atoms with Crippen LogP contribution < -0.4 is 5.32 Å². The molecule has 72 valence electrons. The Morgan fingerprint density at radius 1 is 1.54 bits per heavy atom. The first-order chi connectivity index (χ1) is 6.22. The lowest BCUT2D eigenvalue weighted by molar-refractivity contribution is 0.324. The van der Waals surface area contributed by atoms with E-state index in [-0.39, 0.29) is 0 Å². The van der Waals surface area contributed by atoms with Crippen molar-refractivity contribution in [2.75, 3.05) is 13.6 Å². The van der Waals surface area contributed by atoms with Crippen molar-refractivity contribution in [1.82, 2.24) is 5.32 Å². The van der Waals surface area contributed by atoms with E-state index < -0.39 is 6.17 Å². The minimum atomic E-state index is -0.806. The summed E-state index contributed by atoms with van der Waals surface area (Å²) in [5, 5.41) is 2.82. The first-order valence-electron chi connectivity index (χ1n) is 4.25. The van der Waals surface area contributed by atoms with Gasteiger partial charge in [0, 0.05) is 17.4 Å². The number of hydrogen-bond acceptors (Lipinski definition) is 1. The molecule has 0 saturated heterocycles. The molecule has 1 aromatic carbocycles. The molecule has 0 unspecified atom stereocenters. The summed E-state index contributed by atoms with van der Waals surface area (Å²) in [6, 6.07) is 7.75. The molecule has 0 radical (unpaired) electrons. The van der Waals surface area contributed by atoms with E-state index in [4.69, 9.17) is 0 Å². The smallest absolute Gasteiger partial charge is 0.116 e. The zero-order valence-corrected chi connectivity index (χ0v) is 9.14. The van der Waals surface area contributed by atoms with Crippen molar-refractivity contribution >= 4 is 15.9 Å². The zero-order chi connectivity index (χ0) is 9.68. The average Bonchev–Trinajstić information content (AvgIpc) is 2.04. The molecule has 0 aromatic heterocycles. The molecule has 1 rings (SSSR count). The standard InChI is InChI=1S/C10H13BrFN/c1-13-7-10(12)6-8-3-2-4-9(11)5-8/h2-5,10,13H,6-7H2,1H3/t10-/m0/s1. The fourth-order valence-electron chi connectivity index (χ4n) is 1.21. The maximum atomic E-state index is 13.1. The van der Waals surface area contributed by atoms with E-state index in [9.17, 15) is 4.39 Å². The van der Waals surface area contributed by atoms with Crippen LogP contribution in [0.5, 0.6) is 0 Å². The average molecular weight is 246 g/mol. The minimum absolute atomic E-state index is 0.409. The summed E-state index contributed by atoms with van der Waals surface area (Å²) in [6.45, 7) is 0.409. The van der Waals surface area contributed by atoms with Crippen LogP contribution in [0.2, 0.25) is 0 Å². The number of alkyl halides is 1. The molecule has 1 atom stereocenters. The number of rotatable bonds is 4. The van der Waals surface area contributed by atoms with Crippen LogP contribution in [-0.2, 0) is 6.42 Å². The van der Waals surface area contributed by atoms with Gasteiger partial charge < -0.3 is 5.32 Å². The van der Waals surface area contributed by atoms with Gasteiger partial charge >= 0.3 is 0 Å². The summed E-state index contributed by atoms with van der Waals surface area (Å²) < 4.78 is 14.1. The second-order valence-corrected chi connectivity index (χ2v) is 3.90. The van der Waals surface area contributed by atoms with E-state index in [0.717, 1.165) is 10.0 Å². The molecule has 0 saturated carbocycles. The number of hydrogen-bond donors (Lipinski definition) is 1. The van der Waals surface area contributed by atoms with Gasteiger partial charge in [0.2, 0.25) is 0 Å². The van der Waals surface area contributed by atoms with Gasteiger partial charge in [0.25, 0.3) is 0 Å². The maximum absolute atomic E-state index is 13.1. The first-order valence-corrected chi connectivity index (χ1v) is 5.05. The van der Waals surface area contributed by atoms with E-state index in [1.165, 1.54) is 0 Å². The Bertz CT molecular complexity index is 265. The molecule has 1 N–H and O–H groups in total. The molecular formula is C10H13BrFN. The molecule has 0 spiro atoms. The summed E-state index contributed by atoms with van der Waals surface area (Å²) >= 11 is 3.35. The molecule has 0 fully saturated rings. The third-order valence-electron chi connectivity index (χ3n) is 1.77. The highest BCUT2D eigenvalue weighted by Crippen LogP contribution is 2.13. The maximum Gasteiger partial charge on any atom is 0.116 e. The van der Waals surface area contributed by atoms with Gasteiger partial charge in [-0.05, 0) is 24.7 Å². The summed E-state index contributed by atoms with van der Waals surface area (Å²) in [5.41, 5.74) is 1.03. The summed E-state index contributed by atoms with van der Waals surface area (Å²) in [6.07, 6.45) is -0.334. The molecule has 0 aliphatic rings. The molecule has 0 amide bonds. The van der Waals surface area contributed by atoms with Crippen LogP contribution in [0.1, 0.15) is 5.56 Å². The largest absolute Gasteiger partial charge is 0.317 e. The summed E-state index contributed by atoms with van der Waals surface area (Å²) in [7, 11) is 1.76. The Balaban J connectivity index is 2.53. The van der Waals surface area contributed by atoms with Gasteiger partial charge in [0.05, 0.1) is 0 Å². The van der Waals surface area contributed by atoms with Crippen molar-refractivity contribution in [1.29, 1.82) is 0 Å². The highest BCUT2D eigenvalue weighted by Gasteiger charge is 2.05. The van der Waals surface area contributed by atoms with Gasteiger partial charge in [-0.3, -0.25) is 0 Å². The van der Waals surface area contributed by atoms with Gasteiger partial charge in [-0.25, -0.2) is 4.39 Å². The molecule has 0 bridgehead atoms. The Morgan fingerprint density at radius 2 is 2.31 bits per heavy atom. The second kappa shape index (κ2) is 5.35. The van der Waals surface area contributed by atoms with Crippen LogP contribution >= 0.6 is 15.9 Å². The molecular weight excluding hydrogens is 233 g/mol. The molecule has 0 aliphatic carbocycles. The Morgan fingerprint density at radius 3 is 2.92 bits per heavy atom. The van der Waals surface area contributed by atoms with E-state index >= 15 is 0 Å². The van der Waals surface area contributed by atoms with Gasteiger partial charge in [0.1, 0.15) is 6.17 Å². The molecule has 13 heavy (non-hydrogen) atoms. The normalized spacial score (nSPS) is 12.8. The molecule has 3 heteroatoms. The quantitative estimate of drug-likeness (QED) is 0.860. The fraction of sp³-hybridized carbons (Fsp3) is 0.400. The van der Waals surface area contributed by atoms with Crippen molar-refractivity contribution in [2.24, 2.45) is 0 Å². The van der Waals surface area contributed by atoms with Crippen LogP contribution in [0.25, 0.3) is 0 Å². The van der Waals surface area contributed by atoms with E-state index in [2.05, 4.69) is 21.2 Å². The van der Waals surface area contributed by atoms with Crippen LogP contribution in [0, 0.1) is 0 Å². The third kappa shape index (κ3) is 3.87. The predicted molar refractivity (Wildman–Crippen MR) is 56.7 cm³/mol. The van der Waals surface area contributed by atoms with Gasteiger partial charge in [-0.2, -0.15) is 0 Å². The van der Waals surface area contributed by atoms with Crippen LogP contribution in [0.4, 0.5) is 4.39 Å². The van der Waals surface area contributed by atoms with Crippen molar-refractivity contribution in [2.45, 2.75) is 12.6 Å². The summed E-state index contributed by atoms with van der Waals surface area (Å²) in [5.74, 6) is 0. The molecule has 1 aromatic rings. The topological polar surface area (TPSA) is 12.0 Å². The lowest BCUT2D eigenvalue weighted by atomic mass is 10.1. The van der Waals surface area contributed by atoms with Crippen LogP contribution in [0.3, 0.4) is 0 Å². The van der Waals surface area contributed by atoms with Crippen molar-refractivity contribution < 1.29 is 4.39 Å². The Kier molecular flexibility index (Phi) is 4.39. The number of nitrogens with one attached hydrogen (secondary N) is 1. The minimum Gasteiger partial charge on any atom is -0.317 e. The predicted octanol–water partition coefficient (Wildman–Crippen LogP) is 2.55.